The van der Waals surface area contributed by atoms with Crippen molar-refractivity contribution < 1.29 is 13.2 Å². The molecule has 0 aliphatic heterocycles. The second-order valence-electron chi connectivity index (χ2n) is 5.68. The standard InChI is InChI=1S/C16H22F3N/c17-16(18,19)15-9-7-14(8-10-15)12-20-11-13-5-3-1-2-4-6-13/h7-10,13,20H,1-6,11-12H2. The van der Waals surface area contributed by atoms with Gasteiger partial charge in [0.1, 0.15) is 0 Å². The summed E-state index contributed by atoms with van der Waals surface area (Å²) in [7, 11) is 0. The lowest BCUT2D eigenvalue weighted by Crippen LogP contribution is -2.22. The molecule has 1 aromatic rings. The second-order valence-corrected chi connectivity index (χ2v) is 5.68. The third kappa shape index (κ3) is 4.82. The maximum absolute atomic E-state index is 12.4. The van der Waals surface area contributed by atoms with Gasteiger partial charge in [-0.25, -0.2) is 0 Å². The van der Waals surface area contributed by atoms with Gasteiger partial charge in [0, 0.05) is 6.54 Å². The summed E-state index contributed by atoms with van der Waals surface area (Å²) in [4.78, 5) is 0. The lowest BCUT2D eigenvalue weighted by molar-refractivity contribution is -0.137. The van der Waals surface area contributed by atoms with Gasteiger partial charge in [-0.05, 0) is 43.0 Å². The Bertz CT molecular complexity index is 389. The number of hydrogen-bond acceptors (Lipinski definition) is 1. The van der Waals surface area contributed by atoms with E-state index in [2.05, 4.69) is 5.32 Å². The van der Waals surface area contributed by atoms with E-state index in [-0.39, 0.29) is 0 Å². The predicted molar refractivity (Wildman–Crippen MR) is 74.3 cm³/mol. The zero-order valence-corrected chi connectivity index (χ0v) is 11.7. The van der Waals surface area contributed by atoms with Gasteiger partial charge in [-0.1, -0.05) is 37.8 Å². The Morgan fingerprint density at radius 3 is 2.10 bits per heavy atom. The highest BCUT2D eigenvalue weighted by molar-refractivity contribution is 5.24. The summed E-state index contributed by atoms with van der Waals surface area (Å²) in [5.74, 6) is 0.729. The van der Waals surface area contributed by atoms with Crippen molar-refractivity contribution in [1.29, 1.82) is 0 Å². The third-order valence-electron chi connectivity index (χ3n) is 4.02. The molecule has 0 saturated heterocycles. The Balaban J connectivity index is 1.76. The highest BCUT2D eigenvalue weighted by atomic mass is 19.4. The van der Waals surface area contributed by atoms with Gasteiger partial charge in [0.2, 0.25) is 0 Å². The van der Waals surface area contributed by atoms with Gasteiger partial charge in [-0.3, -0.25) is 0 Å². The van der Waals surface area contributed by atoms with Crippen molar-refractivity contribution in [2.24, 2.45) is 5.92 Å². The van der Waals surface area contributed by atoms with E-state index in [4.69, 9.17) is 0 Å². The van der Waals surface area contributed by atoms with Gasteiger partial charge in [-0.15, -0.1) is 0 Å². The SMILES string of the molecule is FC(F)(F)c1ccc(CNCC2CCCCCC2)cc1. The Labute approximate surface area is 118 Å². The van der Waals surface area contributed by atoms with Crippen LogP contribution < -0.4 is 5.32 Å². The van der Waals surface area contributed by atoms with Crippen LogP contribution in [0.1, 0.15) is 49.7 Å². The maximum atomic E-state index is 12.4. The molecule has 0 amide bonds. The molecule has 0 heterocycles. The minimum Gasteiger partial charge on any atom is -0.312 e. The summed E-state index contributed by atoms with van der Waals surface area (Å²) in [6.07, 6.45) is 3.62. The molecule has 0 unspecified atom stereocenters. The summed E-state index contributed by atoms with van der Waals surface area (Å²) in [6.45, 7) is 1.62. The number of rotatable bonds is 4. The van der Waals surface area contributed by atoms with Crippen LogP contribution in [0.15, 0.2) is 24.3 Å². The van der Waals surface area contributed by atoms with Gasteiger partial charge in [0.15, 0.2) is 0 Å². The van der Waals surface area contributed by atoms with Crippen molar-refractivity contribution in [3.8, 4) is 0 Å². The summed E-state index contributed by atoms with van der Waals surface area (Å²) >= 11 is 0. The summed E-state index contributed by atoms with van der Waals surface area (Å²) < 4.78 is 37.3. The number of hydrogen-bond donors (Lipinski definition) is 1. The van der Waals surface area contributed by atoms with Crippen LogP contribution in [0.4, 0.5) is 13.2 Å². The molecule has 4 heteroatoms. The molecule has 0 aromatic heterocycles. The molecule has 0 atom stereocenters. The van der Waals surface area contributed by atoms with Crippen LogP contribution in [0, 0.1) is 5.92 Å². The van der Waals surface area contributed by atoms with E-state index >= 15 is 0 Å². The molecule has 1 nitrogen and oxygen atoms in total. The molecule has 1 saturated carbocycles. The zero-order valence-electron chi connectivity index (χ0n) is 11.7. The lowest BCUT2D eigenvalue weighted by Gasteiger charge is -2.15. The molecule has 1 fully saturated rings. The molecule has 112 valence electrons. The van der Waals surface area contributed by atoms with E-state index < -0.39 is 11.7 Å². The molecule has 1 aromatic carbocycles. The number of alkyl halides is 3. The van der Waals surface area contributed by atoms with Crippen LogP contribution >= 0.6 is 0 Å². The fourth-order valence-electron chi connectivity index (χ4n) is 2.80. The first kappa shape index (κ1) is 15.4. The Hall–Kier alpha value is -1.03. The normalized spacial score (nSPS) is 17.9. The molecular formula is C16H22F3N. The molecule has 0 spiro atoms. The van der Waals surface area contributed by atoms with Crippen molar-refractivity contribution in [1.82, 2.24) is 5.32 Å². The van der Waals surface area contributed by atoms with Gasteiger partial charge < -0.3 is 5.32 Å². The van der Waals surface area contributed by atoms with Gasteiger partial charge in [-0.2, -0.15) is 13.2 Å². The molecule has 20 heavy (non-hydrogen) atoms. The minimum absolute atomic E-state index is 0.579. The highest BCUT2D eigenvalue weighted by Gasteiger charge is 2.29. The highest BCUT2D eigenvalue weighted by Crippen LogP contribution is 2.29. The summed E-state index contributed by atoms with van der Waals surface area (Å²) in [5, 5.41) is 3.38. The molecule has 1 N–H and O–H groups in total. The third-order valence-corrected chi connectivity index (χ3v) is 4.02. The van der Waals surface area contributed by atoms with Gasteiger partial charge >= 0.3 is 6.18 Å². The van der Waals surface area contributed by atoms with Crippen LogP contribution in [0.2, 0.25) is 0 Å². The Morgan fingerprint density at radius 2 is 1.55 bits per heavy atom. The molecule has 2 rings (SSSR count). The predicted octanol–water partition coefficient (Wildman–Crippen LogP) is 4.77. The molecule has 0 radical (unpaired) electrons. The lowest BCUT2D eigenvalue weighted by atomic mass is 10.0. The van der Waals surface area contributed by atoms with Gasteiger partial charge in [0.25, 0.3) is 0 Å². The van der Waals surface area contributed by atoms with E-state index in [1.54, 1.807) is 12.1 Å². The molecule has 1 aliphatic carbocycles. The maximum Gasteiger partial charge on any atom is 0.416 e. The van der Waals surface area contributed by atoms with Crippen LogP contribution in [0.5, 0.6) is 0 Å². The van der Waals surface area contributed by atoms with Crippen molar-refractivity contribution in [2.45, 2.75) is 51.2 Å². The van der Waals surface area contributed by atoms with Crippen LogP contribution in [-0.4, -0.2) is 6.54 Å². The monoisotopic (exact) mass is 285 g/mol. The van der Waals surface area contributed by atoms with Crippen molar-refractivity contribution in [3.05, 3.63) is 35.4 Å². The Morgan fingerprint density at radius 1 is 0.950 bits per heavy atom. The average Bonchev–Trinajstić information content (AvgIpc) is 2.67. The fraction of sp³-hybridized carbons (Fsp3) is 0.625. The smallest absolute Gasteiger partial charge is 0.312 e. The average molecular weight is 285 g/mol. The van der Waals surface area contributed by atoms with E-state index in [9.17, 15) is 13.2 Å². The molecule has 0 bridgehead atoms. The van der Waals surface area contributed by atoms with E-state index in [1.807, 2.05) is 0 Å². The van der Waals surface area contributed by atoms with Gasteiger partial charge in [0.05, 0.1) is 5.56 Å². The Kier molecular flexibility index (Phi) is 5.46. The molecular weight excluding hydrogens is 263 g/mol. The van der Waals surface area contributed by atoms with Crippen molar-refractivity contribution in [2.75, 3.05) is 6.54 Å². The summed E-state index contributed by atoms with van der Waals surface area (Å²) in [6, 6.07) is 5.43. The second kappa shape index (κ2) is 7.11. The van der Waals surface area contributed by atoms with Crippen LogP contribution in [0.25, 0.3) is 0 Å². The van der Waals surface area contributed by atoms with Crippen molar-refractivity contribution >= 4 is 0 Å². The van der Waals surface area contributed by atoms with E-state index in [1.165, 1.54) is 38.5 Å². The van der Waals surface area contributed by atoms with Crippen LogP contribution in [0.3, 0.4) is 0 Å². The first-order chi connectivity index (χ1) is 9.55. The van der Waals surface area contributed by atoms with Crippen LogP contribution in [-0.2, 0) is 12.7 Å². The number of halogens is 3. The zero-order chi connectivity index (χ0) is 14.4. The quantitative estimate of drug-likeness (QED) is 0.786. The number of nitrogens with one attached hydrogen (secondary N) is 1. The first-order valence-electron chi connectivity index (χ1n) is 7.42. The largest absolute Gasteiger partial charge is 0.416 e. The number of benzene rings is 1. The minimum atomic E-state index is -4.24. The van der Waals surface area contributed by atoms with E-state index in [0.717, 1.165) is 30.2 Å². The first-order valence-corrected chi connectivity index (χ1v) is 7.42. The van der Waals surface area contributed by atoms with E-state index in [0.29, 0.717) is 6.54 Å². The topological polar surface area (TPSA) is 12.0 Å². The summed E-state index contributed by atoms with van der Waals surface area (Å²) in [5.41, 5.74) is 0.330. The van der Waals surface area contributed by atoms with Crippen molar-refractivity contribution in [3.63, 3.8) is 0 Å². The molecule has 1 aliphatic rings. The fourth-order valence-corrected chi connectivity index (χ4v) is 2.80.